The molecule has 2 aromatic heterocycles. The molecule has 7 nitrogen and oxygen atoms in total. The zero-order valence-electron chi connectivity index (χ0n) is 17.8. The maximum atomic E-state index is 13.3. The lowest BCUT2D eigenvalue weighted by Gasteiger charge is -2.35. The molecule has 0 atom stereocenters. The van der Waals surface area contributed by atoms with E-state index < -0.39 is 0 Å². The molecule has 3 heterocycles. The summed E-state index contributed by atoms with van der Waals surface area (Å²) in [5.41, 5.74) is 2.86. The van der Waals surface area contributed by atoms with Gasteiger partial charge in [-0.2, -0.15) is 0 Å². The smallest absolute Gasteiger partial charge is 0.257 e. The summed E-state index contributed by atoms with van der Waals surface area (Å²) in [7, 11) is 4.07. The number of hydrogen-bond donors (Lipinski definition) is 1. The first-order chi connectivity index (χ1) is 15.0. The number of fused-ring (bicyclic) bond motifs is 1. The molecule has 0 aliphatic carbocycles. The third-order valence-corrected chi connectivity index (χ3v) is 5.77. The lowest BCUT2D eigenvalue weighted by molar-refractivity contribution is 0.0748. The molecule has 1 amide bonds. The molecular weight excluding hydrogens is 414 g/mol. The maximum Gasteiger partial charge on any atom is 0.257 e. The van der Waals surface area contributed by atoms with Crippen LogP contribution in [-0.2, 0) is 13.2 Å². The molecule has 1 N–H and O–H groups in total. The fourth-order valence-corrected chi connectivity index (χ4v) is 4.11. The number of piperazine rings is 1. The molecule has 1 saturated heterocycles. The first kappa shape index (κ1) is 21.5. The van der Waals surface area contributed by atoms with Crippen molar-refractivity contribution >= 4 is 34.2 Å². The summed E-state index contributed by atoms with van der Waals surface area (Å²) in [5, 5.41) is 10.5. The number of carbonyl (C=O) groups excluding carboxylic acids is 1. The first-order valence-corrected chi connectivity index (χ1v) is 10.7. The van der Waals surface area contributed by atoms with Gasteiger partial charge in [0.15, 0.2) is 0 Å². The number of nitrogens with zero attached hydrogens (tertiary/aromatic N) is 5. The van der Waals surface area contributed by atoms with Crippen molar-refractivity contribution in [1.29, 1.82) is 0 Å². The summed E-state index contributed by atoms with van der Waals surface area (Å²) in [5.74, 6) is 0.810. The fraction of sp³-hybridized carbons (Fsp3) is 0.348. The van der Waals surface area contributed by atoms with Crippen LogP contribution in [-0.4, -0.2) is 71.1 Å². The number of anilines is 1. The van der Waals surface area contributed by atoms with Gasteiger partial charge in [0, 0.05) is 50.5 Å². The fourth-order valence-electron chi connectivity index (χ4n) is 3.87. The zero-order chi connectivity index (χ0) is 22.0. The van der Waals surface area contributed by atoms with Gasteiger partial charge in [0.2, 0.25) is 0 Å². The molecule has 3 aromatic rings. The van der Waals surface area contributed by atoms with Gasteiger partial charge in [-0.3, -0.25) is 9.78 Å². The SMILES string of the molecule is CN(C)Cc1ccc(N2CCN(C(=O)c3c(Cl)ccc4cc(CO)cnc34)CC2)nc1. The zero-order valence-corrected chi connectivity index (χ0v) is 18.5. The van der Waals surface area contributed by atoms with Crippen molar-refractivity contribution in [2.75, 3.05) is 45.2 Å². The molecule has 1 aliphatic heterocycles. The third-order valence-electron chi connectivity index (χ3n) is 5.45. The molecule has 162 valence electrons. The maximum absolute atomic E-state index is 13.3. The molecule has 31 heavy (non-hydrogen) atoms. The third kappa shape index (κ3) is 4.63. The Labute approximate surface area is 186 Å². The van der Waals surface area contributed by atoms with Crippen LogP contribution < -0.4 is 4.90 Å². The topological polar surface area (TPSA) is 72.8 Å². The van der Waals surface area contributed by atoms with Crippen LogP contribution in [0.15, 0.2) is 42.7 Å². The average molecular weight is 440 g/mol. The Hall–Kier alpha value is -2.74. The molecule has 0 saturated carbocycles. The number of aliphatic hydroxyl groups excluding tert-OH is 1. The van der Waals surface area contributed by atoms with Crippen molar-refractivity contribution in [3.05, 3.63) is 64.4 Å². The van der Waals surface area contributed by atoms with Crippen molar-refractivity contribution in [3.8, 4) is 0 Å². The van der Waals surface area contributed by atoms with Gasteiger partial charge in [0.25, 0.3) is 5.91 Å². The first-order valence-electron chi connectivity index (χ1n) is 10.3. The van der Waals surface area contributed by atoms with Crippen molar-refractivity contribution in [1.82, 2.24) is 19.8 Å². The normalized spacial score (nSPS) is 14.5. The van der Waals surface area contributed by atoms with Gasteiger partial charge in [-0.1, -0.05) is 23.7 Å². The monoisotopic (exact) mass is 439 g/mol. The quantitative estimate of drug-likeness (QED) is 0.659. The summed E-state index contributed by atoms with van der Waals surface area (Å²) in [6, 6.07) is 9.52. The van der Waals surface area contributed by atoms with Crippen molar-refractivity contribution in [3.63, 3.8) is 0 Å². The number of pyridine rings is 2. The molecule has 0 bridgehead atoms. The van der Waals surface area contributed by atoms with Gasteiger partial charge >= 0.3 is 0 Å². The lowest BCUT2D eigenvalue weighted by Crippen LogP contribution is -2.49. The van der Waals surface area contributed by atoms with Crippen LogP contribution in [0.3, 0.4) is 0 Å². The Kier molecular flexibility index (Phi) is 6.36. The van der Waals surface area contributed by atoms with Gasteiger partial charge in [0.05, 0.1) is 22.7 Å². The largest absolute Gasteiger partial charge is 0.392 e. The number of benzene rings is 1. The highest BCUT2D eigenvalue weighted by Crippen LogP contribution is 2.27. The second-order valence-electron chi connectivity index (χ2n) is 8.04. The number of aliphatic hydroxyl groups is 1. The Morgan fingerprint density at radius 3 is 2.45 bits per heavy atom. The molecule has 0 radical (unpaired) electrons. The summed E-state index contributed by atoms with van der Waals surface area (Å²) < 4.78 is 0. The number of aromatic nitrogens is 2. The minimum atomic E-state index is -0.117. The number of carbonyl (C=O) groups is 1. The predicted octanol–water partition coefficient (Wildman–Crippen LogP) is 2.80. The highest BCUT2D eigenvalue weighted by Gasteiger charge is 2.26. The van der Waals surface area contributed by atoms with Gasteiger partial charge in [0.1, 0.15) is 5.82 Å². The Morgan fingerprint density at radius 1 is 1.06 bits per heavy atom. The minimum Gasteiger partial charge on any atom is -0.392 e. The average Bonchev–Trinajstić information content (AvgIpc) is 2.78. The highest BCUT2D eigenvalue weighted by molar-refractivity contribution is 6.35. The highest BCUT2D eigenvalue weighted by atomic mass is 35.5. The second-order valence-corrected chi connectivity index (χ2v) is 8.44. The summed E-state index contributed by atoms with van der Waals surface area (Å²) >= 11 is 6.41. The summed E-state index contributed by atoms with van der Waals surface area (Å²) in [6.45, 7) is 3.34. The van der Waals surface area contributed by atoms with Gasteiger partial charge in [-0.25, -0.2) is 4.98 Å². The van der Waals surface area contributed by atoms with E-state index in [1.807, 2.05) is 43.4 Å². The van der Waals surface area contributed by atoms with E-state index in [-0.39, 0.29) is 12.5 Å². The number of amides is 1. The van der Waals surface area contributed by atoms with Crippen LogP contribution in [0.5, 0.6) is 0 Å². The molecular formula is C23H26ClN5O2. The van der Waals surface area contributed by atoms with Crippen LogP contribution in [0.2, 0.25) is 5.02 Å². The van der Waals surface area contributed by atoms with Gasteiger partial charge in [-0.15, -0.1) is 0 Å². The molecule has 4 rings (SSSR count). The van der Waals surface area contributed by atoms with E-state index in [0.717, 1.165) is 17.7 Å². The number of hydrogen-bond acceptors (Lipinski definition) is 6. The van der Waals surface area contributed by atoms with Crippen LogP contribution in [0.1, 0.15) is 21.5 Å². The van der Waals surface area contributed by atoms with E-state index in [9.17, 15) is 9.90 Å². The van der Waals surface area contributed by atoms with Crippen LogP contribution in [0.25, 0.3) is 10.9 Å². The standard InChI is InChI=1S/C23H26ClN5O2/c1-27(2)14-16-3-6-20(25-12-16)28-7-9-29(10-8-28)23(31)21-19(24)5-4-18-11-17(15-30)13-26-22(18)21/h3-6,11-13,30H,7-10,14-15H2,1-2H3. The Morgan fingerprint density at radius 2 is 1.81 bits per heavy atom. The summed E-state index contributed by atoms with van der Waals surface area (Å²) in [4.78, 5) is 28.4. The molecule has 1 aromatic carbocycles. The van der Waals surface area contributed by atoms with Gasteiger partial charge in [-0.05, 0) is 43.4 Å². The number of halogens is 1. The van der Waals surface area contributed by atoms with E-state index in [4.69, 9.17) is 11.6 Å². The lowest BCUT2D eigenvalue weighted by atomic mass is 10.1. The van der Waals surface area contributed by atoms with Crippen LogP contribution in [0.4, 0.5) is 5.82 Å². The van der Waals surface area contributed by atoms with E-state index in [1.54, 1.807) is 12.3 Å². The molecule has 1 aliphatic rings. The Balaban J connectivity index is 1.48. The molecule has 8 heteroatoms. The van der Waals surface area contributed by atoms with E-state index in [2.05, 4.69) is 25.8 Å². The second kappa shape index (κ2) is 9.18. The van der Waals surface area contributed by atoms with Crippen molar-refractivity contribution in [2.24, 2.45) is 0 Å². The molecule has 0 unspecified atom stereocenters. The Bertz CT molecular complexity index is 1080. The van der Waals surface area contributed by atoms with E-state index in [0.29, 0.717) is 47.8 Å². The predicted molar refractivity (Wildman–Crippen MR) is 122 cm³/mol. The molecule has 1 fully saturated rings. The van der Waals surface area contributed by atoms with Gasteiger partial charge < -0.3 is 19.8 Å². The van der Waals surface area contributed by atoms with Crippen LogP contribution >= 0.6 is 11.6 Å². The van der Waals surface area contributed by atoms with E-state index >= 15 is 0 Å². The van der Waals surface area contributed by atoms with Crippen molar-refractivity contribution < 1.29 is 9.90 Å². The van der Waals surface area contributed by atoms with Crippen LogP contribution in [0, 0.1) is 0 Å². The van der Waals surface area contributed by atoms with Crippen molar-refractivity contribution in [2.45, 2.75) is 13.2 Å². The molecule has 0 spiro atoms. The summed E-state index contributed by atoms with van der Waals surface area (Å²) in [6.07, 6.45) is 3.49. The van der Waals surface area contributed by atoms with E-state index in [1.165, 1.54) is 5.56 Å². The minimum absolute atomic E-state index is 0.0963. The number of rotatable bonds is 5.